The van der Waals surface area contributed by atoms with Gasteiger partial charge >= 0.3 is 6.03 Å². The Morgan fingerprint density at radius 1 is 1.47 bits per heavy atom. The number of aliphatic hydroxyl groups excluding tert-OH is 1. The maximum Gasteiger partial charge on any atom is 0.321 e. The van der Waals surface area contributed by atoms with Crippen molar-refractivity contribution in [3.63, 3.8) is 0 Å². The molecular weight excluding hydrogens is 226 g/mol. The predicted octanol–water partition coefficient (Wildman–Crippen LogP) is 1.05. The van der Waals surface area contributed by atoms with Crippen molar-refractivity contribution < 1.29 is 14.8 Å². The van der Waals surface area contributed by atoms with Crippen LogP contribution in [0.3, 0.4) is 0 Å². The standard InChI is InChI=1S/C10H13N3O4/c1-12(6-7-14)10(15)11-8-2-4-9(5-3-8)13(16)17/h2-5,14H,6-7H2,1H3,(H,11,15). The average molecular weight is 239 g/mol. The highest BCUT2D eigenvalue weighted by Crippen LogP contribution is 2.15. The third-order valence-electron chi connectivity index (χ3n) is 2.11. The van der Waals surface area contributed by atoms with E-state index in [0.717, 1.165) is 0 Å². The summed E-state index contributed by atoms with van der Waals surface area (Å²) in [7, 11) is 1.54. The zero-order valence-corrected chi connectivity index (χ0v) is 9.29. The SMILES string of the molecule is CN(CCO)C(=O)Nc1ccc([N+](=O)[O-])cc1. The Morgan fingerprint density at radius 2 is 2.06 bits per heavy atom. The number of nitrogens with one attached hydrogen (secondary N) is 1. The molecule has 7 heteroatoms. The Bertz CT molecular complexity index is 405. The molecule has 2 N–H and O–H groups in total. The van der Waals surface area contributed by atoms with E-state index in [2.05, 4.69) is 5.32 Å². The number of rotatable bonds is 4. The normalized spacial score (nSPS) is 9.76. The molecule has 1 aromatic carbocycles. The molecule has 0 aliphatic heterocycles. The van der Waals surface area contributed by atoms with Gasteiger partial charge in [0.05, 0.1) is 11.5 Å². The fourth-order valence-electron chi connectivity index (χ4n) is 1.14. The van der Waals surface area contributed by atoms with Crippen LogP contribution in [0.4, 0.5) is 16.2 Å². The van der Waals surface area contributed by atoms with Crippen LogP contribution in [0.2, 0.25) is 0 Å². The van der Waals surface area contributed by atoms with Crippen molar-refractivity contribution in [2.45, 2.75) is 0 Å². The van der Waals surface area contributed by atoms with Gasteiger partial charge in [0, 0.05) is 31.4 Å². The number of carbonyl (C=O) groups excluding carboxylic acids is 1. The van der Waals surface area contributed by atoms with Gasteiger partial charge in [0.1, 0.15) is 0 Å². The molecule has 2 amide bonds. The van der Waals surface area contributed by atoms with Gasteiger partial charge < -0.3 is 15.3 Å². The van der Waals surface area contributed by atoms with E-state index in [1.165, 1.54) is 36.2 Å². The minimum absolute atomic E-state index is 0.0355. The number of anilines is 1. The van der Waals surface area contributed by atoms with Crippen LogP contribution in [0.1, 0.15) is 0 Å². The molecule has 17 heavy (non-hydrogen) atoms. The predicted molar refractivity (Wildman–Crippen MR) is 61.8 cm³/mol. The summed E-state index contributed by atoms with van der Waals surface area (Å²) in [6.07, 6.45) is 0. The van der Waals surface area contributed by atoms with E-state index in [0.29, 0.717) is 5.69 Å². The van der Waals surface area contributed by atoms with Crippen LogP contribution in [0.5, 0.6) is 0 Å². The van der Waals surface area contributed by atoms with Crippen LogP contribution in [0.25, 0.3) is 0 Å². The van der Waals surface area contributed by atoms with Gasteiger partial charge in [-0.15, -0.1) is 0 Å². The quantitative estimate of drug-likeness (QED) is 0.606. The summed E-state index contributed by atoms with van der Waals surface area (Å²) in [5.41, 5.74) is 0.428. The summed E-state index contributed by atoms with van der Waals surface area (Å²) in [4.78, 5) is 22.7. The lowest BCUT2D eigenvalue weighted by Crippen LogP contribution is -2.33. The summed E-state index contributed by atoms with van der Waals surface area (Å²) in [6.45, 7) is 0.100. The Kier molecular flexibility index (Phi) is 4.41. The lowest BCUT2D eigenvalue weighted by molar-refractivity contribution is -0.384. The van der Waals surface area contributed by atoms with Crippen LogP contribution in [0.15, 0.2) is 24.3 Å². The van der Waals surface area contributed by atoms with E-state index in [1.807, 2.05) is 0 Å². The van der Waals surface area contributed by atoms with Crippen molar-refractivity contribution >= 4 is 17.4 Å². The minimum atomic E-state index is -0.510. The van der Waals surface area contributed by atoms with E-state index in [1.54, 1.807) is 0 Å². The smallest absolute Gasteiger partial charge is 0.321 e. The zero-order chi connectivity index (χ0) is 12.8. The zero-order valence-electron chi connectivity index (χ0n) is 9.29. The second-order valence-corrected chi connectivity index (χ2v) is 3.38. The fraction of sp³-hybridized carbons (Fsp3) is 0.300. The van der Waals surface area contributed by atoms with Crippen LogP contribution in [0, 0.1) is 10.1 Å². The Hall–Kier alpha value is -2.15. The Balaban J connectivity index is 2.63. The number of nitro benzene ring substituents is 1. The third kappa shape index (κ3) is 3.72. The number of hydrogen-bond donors (Lipinski definition) is 2. The number of aliphatic hydroxyl groups is 1. The molecule has 7 nitrogen and oxygen atoms in total. The molecule has 0 heterocycles. The summed E-state index contributed by atoms with van der Waals surface area (Å²) in [6, 6.07) is 5.13. The van der Waals surface area contributed by atoms with Crippen LogP contribution >= 0.6 is 0 Å². The first-order chi connectivity index (χ1) is 8.04. The molecule has 0 unspecified atom stereocenters. The van der Waals surface area contributed by atoms with Crippen molar-refractivity contribution in [3.05, 3.63) is 34.4 Å². The number of non-ortho nitro benzene ring substituents is 1. The topological polar surface area (TPSA) is 95.7 Å². The van der Waals surface area contributed by atoms with Gasteiger partial charge in [-0.25, -0.2) is 4.79 Å². The molecule has 0 bridgehead atoms. The molecule has 92 valence electrons. The van der Waals surface area contributed by atoms with Crippen LogP contribution < -0.4 is 5.32 Å². The number of carbonyl (C=O) groups is 1. The maximum absolute atomic E-state index is 11.5. The van der Waals surface area contributed by atoms with E-state index in [-0.39, 0.29) is 24.9 Å². The van der Waals surface area contributed by atoms with Crippen molar-refractivity contribution in [3.8, 4) is 0 Å². The molecule has 0 radical (unpaired) electrons. The maximum atomic E-state index is 11.5. The second-order valence-electron chi connectivity index (χ2n) is 3.38. The van der Waals surface area contributed by atoms with Gasteiger partial charge in [-0.05, 0) is 12.1 Å². The van der Waals surface area contributed by atoms with Gasteiger partial charge in [0.2, 0.25) is 0 Å². The summed E-state index contributed by atoms with van der Waals surface area (Å²) in [5, 5.41) is 21.6. The largest absolute Gasteiger partial charge is 0.395 e. The van der Waals surface area contributed by atoms with Gasteiger partial charge in [-0.1, -0.05) is 0 Å². The van der Waals surface area contributed by atoms with Gasteiger partial charge in [0.15, 0.2) is 0 Å². The number of hydrogen-bond acceptors (Lipinski definition) is 4. The molecule has 0 aliphatic rings. The van der Waals surface area contributed by atoms with Gasteiger partial charge in [-0.2, -0.15) is 0 Å². The molecule has 0 saturated heterocycles. The van der Waals surface area contributed by atoms with Crippen LogP contribution in [-0.4, -0.2) is 41.2 Å². The highest BCUT2D eigenvalue weighted by atomic mass is 16.6. The molecule has 1 rings (SSSR count). The summed E-state index contributed by atoms with van der Waals surface area (Å²) in [5.74, 6) is 0. The number of urea groups is 1. The average Bonchev–Trinajstić information content (AvgIpc) is 2.30. The first kappa shape index (κ1) is 12.9. The molecule has 0 saturated carbocycles. The monoisotopic (exact) mass is 239 g/mol. The molecule has 1 aromatic rings. The van der Waals surface area contributed by atoms with Crippen molar-refractivity contribution in [1.82, 2.24) is 4.90 Å². The highest BCUT2D eigenvalue weighted by Gasteiger charge is 2.09. The molecule has 0 spiro atoms. The third-order valence-corrected chi connectivity index (χ3v) is 2.11. The fourth-order valence-corrected chi connectivity index (χ4v) is 1.14. The van der Waals surface area contributed by atoms with Crippen molar-refractivity contribution in [2.75, 3.05) is 25.5 Å². The first-order valence-corrected chi connectivity index (χ1v) is 4.92. The highest BCUT2D eigenvalue weighted by molar-refractivity contribution is 5.89. The molecule has 0 fully saturated rings. The van der Waals surface area contributed by atoms with E-state index in [4.69, 9.17) is 5.11 Å². The van der Waals surface area contributed by atoms with Crippen LogP contribution in [-0.2, 0) is 0 Å². The summed E-state index contributed by atoms with van der Waals surface area (Å²) < 4.78 is 0. The number of nitrogens with zero attached hydrogens (tertiary/aromatic N) is 2. The van der Waals surface area contributed by atoms with Crippen molar-refractivity contribution in [1.29, 1.82) is 0 Å². The molecule has 0 aromatic heterocycles. The number of nitro groups is 1. The lowest BCUT2D eigenvalue weighted by Gasteiger charge is -2.16. The van der Waals surface area contributed by atoms with Gasteiger partial charge in [-0.3, -0.25) is 10.1 Å². The minimum Gasteiger partial charge on any atom is -0.395 e. The first-order valence-electron chi connectivity index (χ1n) is 4.92. The molecule has 0 aliphatic carbocycles. The summed E-state index contributed by atoms with van der Waals surface area (Å²) >= 11 is 0. The number of likely N-dealkylation sites (N-methyl/N-ethyl adjacent to an activating group) is 1. The van der Waals surface area contributed by atoms with E-state index in [9.17, 15) is 14.9 Å². The molecular formula is C10H13N3O4. The van der Waals surface area contributed by atoms with Crippen molar-refractivity contribution in [2.24, 2.45) is 0 Å². The number of amides is 2. The Morgan fingerprint density at radius 3 is 2.53 bits per heavy atom. The van der Waals surface area contributed by atoms with Gasteiger partial charge in [0.25, 0.3) is 5.69 Å². The van der Waals surface area contributed by atoms with E-state index >= 15 is 0 Å². The number of benzene rings is 1. The second kappa shape index (κ2) is 5.80. The van der Waals surface area contributed by atoms with E-state index < -0.39 is 4.92 Å². The molecule has 0 atom stereocenters. The Labute approximate surface area is 97.8 Å². The lowest BCUT2D eigenvalue weighted by atomic mass is 10.3.